The van der Waals surface area contributed by atoms with Crippen molar-refractivity contribution in [1.82, 2.24) is 5.32 Å². The second-order valence-electron chi connectivity index (χ2n) is 4.44. The van der Waals surface area contributed by atoms with Gasteiger partial charge in [-0.3, -0.25) is 0 Å². The first-order valence-electron chi connectivity index (χ1n) is 6.58. The summed E-state index contributed by atoms with van der Waals surface area (Å²) in [6.07, 6.45) is 0.911. The number of para-hydroxylation sites is 1. The predicted octanol–water partition coefficient (Wildman–Crippen LogP) is 4.15. The van der Waals surface area contributed by atoms with Crippen molar-refractivity contribution in [2.24, 2.45) is 0 Å². The van der Waals surface area contributed by atoms with Crippen molar-refractivity contribution < 1.29 is 9.13 Å². The van der Waals surface area contributed by atoms with E-state index in [4.69, 9.17) is 4.74 Å². The van der Waals surface area contributed by atoms with Crippen molar-refractivity contribution in [1.29, 1.82) is 0 Å². The van der Waals surface area contributed by atoms with E-state index < -0.39 is 0 Å². The van der Waals surface area contributed by atoms with E-state index in [9.17, 15) is 4.39 Å². The molecule has 0 aliphatic heterocycles. The number of benzene rings is 2. The molecule has 0 unspecified atom stereocenters. The van der Waals surface area contributed by atoms with Crippen LogP contribution in [-0.4, -0.2) is 13.2 Å². The fraction of sp³-hybridized carbons (Fsp3) is 0.250. The Hall–Kier alpha value is -1.39. The number of ether oxygens (including phenoxy) is 1. The molecule has 106 valence electrons. The molecule has 0 spiro atoms. The smallest absolute Gasteiger partial charge is 0.137 e. The number of hydrogen-bond acceptors (Lipinski definition) is 2. The molecule has 0 amide bonds. The summed E-state index contributed by atoms with van der Waals surface area (Å²) in [4.78, 5) is 0. The third-order valence-electron chi connectivity index (χ3n) is 2.82. The average Bonchev–Trinajstić information content (AvgIpc) is 2.47. The van der Waals surface area contributed by atoms with Gasteiger partial charge in [0.15, 0.2) is 0 Å². The minimum absolute atomic E-state index is 0.225. The van der Waals surface area contributed by atoms with Gasteiger partial charge in [-0.25, -0.2) is 4.39 Å². The lowest BCUT2D eigenvalue weighted by atomic mass is 10.2. The highest BCUT2D eigenvalue weighted by atomic mass is 79.9. The maximum Gasteiger partial charge on any atom is 0.137 e. The summed E-state index contributed by atoms with van der Waals surface area (Å²) in [6.45, 7) is 2.17. The van der Waals surface area contributed by atoms with Crippen LogP contribution in [0.25, 0.3) is 0 Å². The summed E-state index contributed by atoms with van der Waals surface area (Å²) in [5, 5.41) is 3.27. The van der Waals surface area contributed by atoms with E-state index in [1.54, 1.807) is 6.07 Å². The molecule has 0 saturated carbocycles. The second-order valence-corrected chi connectivity index (χ2v) is 5.29. The molecule has 0 aromatic heterocycles. The molecule has 0 radical (unpaired) electrons. The molecular weight excluding hydrogens is 321 g/mol. The largest absolute Gasteiger partial charge is 0.494 e. The summed E-state index contributed by atoms with van der Waals surface area (Å²) in [5.74, 6) is 0.666. The standard InChI is InChI=1S/C16H17BrFNO/c17-15-8-7-13(11-16(15)18)12-19-9-4-10-20-14-5-2-1-3-6-14/h1-3,5-8,11,19H,4,9-10,12H2. The van der Waals surface area contributed by atoms with E-state index >= 15 is 0 Å². The summed E-state index contributed by atoms with van der Waals surface area (Å²) >= 11 is 3.14. The maximum absolute atomic E-state index is 13.3. The quantitative estimate of drug-likeness (QED) is 0.766. The Morgan fingerprint density at radius 1 is 1.10 bits per heavy atom. The molecule has 2 aromatic rings. The van der Waals surface area contributed by atoms with Crippen molar-refractivity contribution >= 4 is 15.9 Å². The van der Waals surface area contributed by atoms with Gasteiger partial charge in [0.1, 0.15) is 11.6 Å². The highest BCUT2D eigenvalue weighted by Crippen LogP contribution is 2.16. The molecule has 2 aromatic carbocycles. The van der Waals surface area contributed by atoms with Crippen molar-refractivity contribution in [3.8, 4) is 5.75 Å². The first kappa shape index (κ1) is 15.0. The van der Waals surface area contributed by atoms with Gasteiger partial charge in [-0.1, -0.05) is 24.3 Å². The molecule has 0 bridgehead atoms. The maximum atomic E-state index is 13.3. The lowest BCUT2D eigenvalue weighted by molar-refractivity contribution is 0.308. The van der Waals surface area contributed by atoms with E-state index in [1.807, 2.05) is 36.4 Å². The third kappa shape index (κ3) is 4.94. The van der Waals surface area contributed by atoms with Crippen LogP contribution in [0.3, 0.4) is 0 Å². The number of halogens is 2. The Morgan fingerprint density at radius 2 is 1.90 bits per heavy atom. The Labute approximate surface area is 127 Å². The van der Waals surface area contributed by atoms with Gasteiger partial charge in [0, 0.05) is 6.54 Å². The topological polar surface area (TPSA) is 21.3 Å². The Bertz CT molecular complexity index is 533. The van der Waals surface area contributed by atoms with Gasteiger partial charge < -0.3 is 10.1 Å². The van der Waals surface area contributed by atoms with Crippen LogP contribution in [-0.2, 0) is 6.54 Å². The van der Waals surface area contributed by atoms with Gasteiger partial charge in [0.05, 0.1) is 11.1 Å². The van der Waals surface area contributed by atoms with Crippen LogP contribution < -0.4 is 10.1 Å². The van der Waals surface area contributed by atoms with Crippen LogP contribution in [0.2, 0.25) is 0 Å². The summed E-state index contributed by atoms with van der Waals surface area (Å²) in [5.41, 5.74) is 0.940. The van der Waals surface area contributed by atoms with Crippen molar-refractivity contribution in [2.45, 2.75) is 13.0 Å². The van der Waals surface area contributed by atoms with E-state index in [0.29, 0.717) is 17.6 Å². The number of nitrogens with one attached hydrogen (secondary N) is 1. The van der Waals surface area contributed by atoms with Crippen molar-refractivity contribution in [2.75, 3.05) is 13.2 Å². The SMILES string of the molecule is Fc1cc(CNCCCOc2ccccc2)ccc1Br. The van der Waals surface area contributed by atoms with Gasteiger partial charge in [0.25, 0.3) is 0 Å². The molecule has 1 N–H and O–H groups in total. The molecule has 20 heavy (non-hydrogen) atoms. The summed E-state index contributed by atoms with van der Waals surface area (Å²) in [6, 6.07) is 14.9. The van der Waals surface area contributed by atoms with Gasteiger partial charge in [0.2, 0.25) is 0 Å². The van der Waals surface area contributed by atoms with Crippen LogP contribution in [0.4, 0.5) is 4.39 Å². The molecule has 4 heteroatoms. The lowest BCUT2D eigenvalue weighted by Crippen LogP contribution is -2.17. The number of rotatable bonds is 7. The Kier molecular flexibility index (Phi) is 6.02. The molecular formula is C16H17BrFNO. The predicted molar refractivity (Wildman–Crippen MR) is 82.4 cm³/mol. The van der Waals surface area contributed by atoms with Crippen molar-refractivity contribution in [3.05, 3.63) is 64.4 Å². The first-order chi connectivity index (χ1) is 9.75. The fourth-order valence-corrected chi connectivity index (χ4v) is 2.03. The zero-order valence-corrected chi connectivity index (χ0v) is 12.7. The highest BCUT2D eigenvalue weighted by molar-refractivity contribution is 9.10. The molecule has 0 saturated heterocycles. The van der Waals surface area contributed by atoms with E-state index in [1.165, 1.54) is 6.07 Å². The van der Waals surface area contributed by atoms with E-state index in [0.717, 1.165) is 24.3 Å². The molecule has 0 fully saturated rings. The molecule has 0 atom stereocenters. The van der Waals surface area contributed by atoms with Crippen LogP contribution in [0.15, 0.2) is 53.0 Å². The Balaban J connectivity index is 1.61. The zero-order valence-electron chi connectivity index (χ0n) is 11.1. The van der Waals surface area contributed by atoms with E-state index in [2.05, 4.69) is 21.2 Å². The van der Waals surface area contributed by atoms with E-state index in [-0.39, 0.29) is 5.82 Å². The Morgan fingerprint density at radius 3 is 2.65 bits per heavy atom. The molecule has 0 heterocycles. The van der Waals surface area contributed by atoms with Crippen LogP contribution in [0.1, 0.15) is 12.0 Å². The molecule has 0 aliphatic carbocycles. The first-order valence-corrected chi connectivity index (χ1v) is 7.37. The second kappa shape index (κ2) is 8.02. The lowest BCUT2D eigenvalue weighted by Gasteiger charge is -2.07. The van der Waals surface area contributed by atoms with Gasteiger partial charge in [-0.2, -0.15) is 0 Å². The number of hydrogen-bond donors (Lipinski definition) is 1. The fourth-order valence-electron chi connectivity index (χ4n) is 1.79. The minimum atomic E-state index is -0.225. The normalized spacial score (nSPS) is 10.5. The van der Waals surface area contributed by atoms with Crippen LogP contribution in [0, 0.1) is 5.82 Å². The molecule has 2 rings (SSSR count). The summed E-state index contributed by atoms with van der Waals surface area (Å²) in [7, 11) is 0. The minimum Gasteiger partial charge on any atom is -0.494 e. The highest BCUT2D eigenvalue weighted by Gasteiger charge is 2.00. The average molecular weight is 338 g/mol. The zero-order chi connectivity index (χ0) is 14.2. The third-order valence-corrected chi connectivity index (χ3v) is 3.47. The molecule has 0 aliphatic rings. The van der Waals surface area contributed by atoms with Gasteiger partial charge in [-0.15, -0.1) is 0 Å². The van der Waals surface area contributed by atoms with Gasteiger partial charge >= 0.3 is 0 Å². The molecule has 2 nitrogen and oxygen atoms in total. The van der Waals surface area contributed by atoms with Crippen LogP contribution in [0.5, 0.6) is 5.75 Å². The monoisotopic (exact) mass is 337 g/mol. The van der Waals surface area contributed by atoms with Gasteiger partial charge in [-0.05, 0) is 58.7 Å². The van der Waals surface area contributed by atoms with Crippen LogP contribution >= 0.6 is 15.9 Å². The summed E-state index contributed by atoms with van der Waals surface area (Å²) < 4.78 is 19.4. The van der Waals surface area contributed by atoms with Crippen molar-refractivity contribution in [3.63, 3.8) is 0 Å².